The Morgan fingerprint density at radius 2 is 2.00 bits per heavy atom. The Bertz CT molecular complexity index is 86.0. The van der Waals surface area contributed by atoms with E-state index in [1.807, 2.05) is 0 Å². The van der Waals surface area contributed by atoms with Crippen molar-refractivity contribution < 1.29 is 0 Å². The van der Waals surface area contributed by atoms with Crippen molar-refractivity contribution in [3.05, 3.63) is 0 Å². The molecule has 1 fully saturated rings. The van der Waals surface area contributed by atoms with Gasteiger partial charge in [-0.3, -0.25) is 0 Å². The lowest BCUT2D eigenvalue weighted by Gasteiger charge is -2.33. The Hall–Kier alpha value is 1.01. The summed E-state index contributed by atoms with van der Waals surface area (Å²) >= 11 is 11.8. The minimum absolute atomic E-state index is 0.307. The maximum atomic E-state index is 5.92. The minimum atomic E-state index is -1.53. The molecular weight excluding hydrogens is 175 g/mol. The van der Waals surface area contributed by atoms with Gasteiger partial charge in [0.25, 0.3) is 0 Å². The molecule has 0 saturated carbocycles. The van der Waals surface area contributed by atoms with E-state index in [2.05, 4.69) is 6.92 Å². The van der Waals surface area contributed by atoms with E-state index in [0.717, 1.165) is 0 Å². The molecule has 8 heavy (non-hydrogen) atoms. The van der Waals surface area contributed by atoms with Gasteiger partial charge in [-0.25, -0.2) is 0 Å². The Morgan fingerprint density at radius 3 is 2.12 bits per heavy atom. The first-order valence-corrected chi connectivity index (χ1v) is 9.90. The topological polar surface area (TPSA) is 0 Å². The third kappa shape index (κ3) is 1.50. The Kier molecular flexibility index (Phi) is 2.07. The first kappa shape index (κ1) is 7.12. The maximum Gasteiger partial charge on any atom is 0.245 e. The molecule has 0 spiro atoms. The first-order valence-electron chi connectivity index (χ1n) is 3.02. The predicted molar refractivity (Wildman–Crippen MR) is 44.7 cm³/mol. The van der Waals surface area contributed by atoms with Gasteiger partial charge in [-0.15, -0.1) is 22.2 Å². The number of halogens is 2. The number of rotatable bonds is 1. The molecule has 0 atom stereocenters. The summed E-state index contributed by atoms with van der Waals surface area (Å²) < 4.78 is 0. The van der Waals surface area contributed by atoms with Crippen LogP contribution in [0.5, 0.6) is 0 Å². The monoisotopic (exact) mass is 184 g/mol. The lowest BCUT2D eigenvalue weighted by atomic mass is 11.0. The Morgan fingerprint density at radius 1 is 1.50 bits per heavy atom. The molecular formula is C4H10Cl2Si2. The summed E-state index contributed by atoms with van der Waals surface area (Å²) in [6.07, 6.45) is 0. The summed E-state index contributed by atoms with van der Waals surface area (Å²) in [5.74, 6) is 0. The molecule has 1 heterocycles. The van der Waals surface area contributed by atoms with Gasteiger partial charge < -0.3 is 0 Å². The van der Waals surface area contributed by atoms with Crippen LogP contribution in [-0.2, 0) is 0 Å². The van der Waals surface area contributed by atoms with Crippen molar-refractivity contribution in [1.82, 2.24) is 0 Å². The van der Waals surface area contributed by atoms with Crippen LogP contribution in [0.15, 0.2) is 0 Å². The van der Waals surface area contributed by atoms with Crippen LogP contribution in [0.3, 0.4) is 0 Å². The molecule has 1 aliphatic heterocycles. The molecule has 1 saturated heterocycles. The Balaban J connectivity index is 2.21. The summed E-state index contributed by atoms with van der Waals surface area (Å²) in [7, 11) is -0.307. The average molecular weight is 185 g/mol. The highest BCUT2D eigenvalue weighted by molar-refractivity contribution is 7.52. The summed E-state index contributed by atoms with van der Waals surface area (Å²) in [6.45, 7) is 0.730. The van der Waals surface area contributed by atoms with E-state index >= 15 is 0 Å². The number of hydrogen-bond acceptors (Lipinski definition) is 0. The van der Waals surface area contributed by atoms with E-state index in [1.54, 1.807) is 0 Å². The van der Waals surface area contributed by atoms with Gasteiger partial charge in [0, 0.05) is 8.80 Å². The summed E-state index contributed by atoms with van der Waals surface area (Å²) in [6, 6.07) is 1.40. The second kappa shape index (κ2) is 2.33. The van der Waals surface area contributed by atoms with Crippen LogP contribution in [0.1, 0.15) is 6.92 Å². The highest BCUT2D eigenvalue weighted by atomic mass is 35.7. The van der Waals surface area contributed by atoms with Gasteiger partial charge in [0.05, 0.1) is 0 Å². The largest absolute Gasteiger partial charge is 0.245 e. The molecule has 1 aliphatic rings. The molecule has 0 N–H and O–H groups in total. The molecule has 0 aromatic carbocycles. The highest BCUT2D eigenvalue weighted by Gasteiger charge is 2.43. The van der Waals surface area contributed by atoms with Crippen LogP contribution in [0.25, 0.3) is 0 Å². The lowest BCUT2D eigenvalue weighted by molar-refractivity contribution is 1.34. The van der Waals surface area contributed by atoms with Crippen LogP contribution in [0.2, 0.25) is 17.4 Å². The van der Waals surface area contributed by atoms with Crippen molar-refractivity contribution >= 4 is 37.6 Å². The second-order valence-corrected chi connectivity index (χ2v) is 15.0. The lowest BCUT2D eigenvalue weighted by Crippen LogP contribution is -2.44. The quantitative estimate of drug-likeness (QED) is 0.434. The van der Waals surface area contributed by atoms with Crippen LogP contribution in [0, 0.1) is 0 Å². The summed E-state index contributed by atoms with van der Waals surface area (Å²) in [5, 5.41) is 0. The summed E-state index contributed by atoms with van der Waals surface area (Å²) in [5.41, 5.74) is 2.54. The van der Waals surface area contributed by atoms with Gasteiger partial charge in [-0.1, -0.05) is 13.0 Å². The molecule has 0 bridgehead atoms. The molecule has 0 unspecified atom stereocenters. The molecule has 1 rings (SSSR count). The molecule has 0 radical (unpaired) electrons. The minimum Gasteiger partial charge on any atom is -0.146 e. The van der Waals surface area contributed by atoms with E-state index in [0.29, 0.717) is 0 Å². The molecule has 48 valence electrons. The fraction of sp³-hybridized carbons (Fsp3) is 1.00. The fourth-order valence-corrected chi connectivity index (χ4v) is 17.5. The third-order valence-electron chi connectivity index (χ3n) is 1.75. The molecule has 0 aliphatic carbocycles. The predicted octanol–water partition coefficient (Wildman–Crippen LogP) is 2.25. The van der Waals surface area contributed by atoms with Gasteiger partial charge >= 0.3 is 0 Å². The average Bonchev–Trinajstić information content (AvgIpc) is 1.60. The molecule has 0 aromatic rings. The zero-order valence-electron chi connectivity index (χ0n) is 4.95. The molecule has 0 nitrogen and oxygen atoms in total. The molecule has 0 aromatic heterocycles. The van der Waals surface area contributed by atoms with Crippen molar-refractivity contribution in [2.75, 3.05) is 0 Å². The standard InChI is InChI=1S/C4H10Cl2Si2/c1-2-7-3-8(5,6)4-7/h7H,2-4H2,1H3. The third-order valence-corrected chi connectivity index (χ3v) is 17.9. The van der Waals surface area contributed by atoms with Crippen molar-refractivity contribution in [1.29, 1.82) is 0 Å². The van der Waals surface area contributed by atoms with Gasteiger partial charge in [0.15, 0.2) is 0 Å². The highest BCUT2D eigenvalue weighted by Crippen LogP contribution is 2.39. The normalized spacial score (nSPS) is 27.4. The van der Waals surface area contributed by atoms with E-state index in [9.17, 15) is 0 Å². The van der Waals surface area contributed by atoms with Gasteiger partial charge in [-0.2, -0.15) is 0 Å². The van der Waals surface area contributed by atoms with Crippen LogP contribution >= 0.6 is 22.2 Å². The van der Waals surface area contributed by atoms with Crippen molar-refractivity contribution in [3.63, 3.8) is 0 Å². The SMILES string of the molecule is CC[SiH]1C[Si](Cl)(Cl)C1. The van der Waals surface area contributed by atoms with Crippen molar-refractivity contribution in [3.8, 4) is 0 Å². The van der Waals surface area contributed by atoms with Crippen molar-refractivity contribution in [2.45, 2.75) is 24.3 Å². The second-order valence-electron chi connectivity index (χ2n) is 2.54. The van der Waals surface area contributed by atoms with Crippen LogP contribution < -0.4 is 0 Å². The number of hydrogen-bond donors (Lipinski definition) is 0. The summed E-state index contributed by atoms with van der Waals surface area (Å²) in [4.78, 5) is 0. The maximum absolute atomic E-state index is 5.92. The Labute approximate surface area is 62.2 Å². The molecule has 0 amide bonds. The van der Waals surface area contributed by atoms with E-state index in [4.69, 9.17) is 22.2 Å². The zero-order chi connectivity index (χ0) is 6.20. The molecule has 4 heteroatoms. The van der Waals surface area contributed by atoms with Crippen LogP contribution in [-0.4, -0.2) is 15.5 Å². The smallest absolute Gasteiger partial charge is 0.146 e. The van der Waals surface area contributed by atoms with E-state index < -0.39 is 6.69 Å². The van der Waals surface area contributed by atoms with Crippen LogP contribution in [0.4, 0.5) is 0 Å². The fourth-order valence-electron chi connectivity index (χ4n) is 1.07. The first-order chi connectivity index (χ1) is 3.64. The van der Waals surface area contributed by atoms with Crippen molar-refractivity contribution in [2.24, 2.45) is 0 Å². The zero-order valence-corrected chi connectivity index (χ0v) is 8.62. The van der Waals surface area contributed by atoms with E-state index in [1.165, 1.54) is 17.4 Å². The van der Waals surface area contributed by atoms with Gasteiger partial charge in [-0.05, 0) is 11.3 Å². The van der Waals surface area contributed by atoms with Gasteiger partial charge in [0.2, 0.25) is 6.69 Å². The van der Waals surface area contributed by atoms with E-state index in [-0.39, 0.29) is 8.80 Å². The van der Waals surface area contributed by atoms with Gasteiger partial charge in [0.1, 0.15) is 0 Å².